The molecule has 0 amide bonds. The molecule has 8 rings (SSSR count). The summed E-state index contributed by atoms with van der Waals surface area (Å²) in [5, 5.41) is 2.07. The lowest BCUT2D eigenvalue weighted by molar-refractivity contribution is 0.303. The number of methoxy groups -OCH3 is 2. The lowest BCUT2D eigenvalue weighted by Gasteiger charge is -2.33. The van der Waals surface area contributed by atoms with Crippen molar-refractivity contribution in [1.29, 1.82) is 0 Å². The molecule has 2 heterocycles. The molecule has 0 radical (unpaired) electrons. The molecule has 0 saturated heterocycles. The fourth-order valence-corrected chi connectivity index (χ4v) is 7.39. The van der Waals surface area contributed by atoms with E-state index in [4.69, 9.17) is 27.0 Å². The molecule has 226 valence electrons. The zero-order chi connectivity index (χ0) is 31.2. The van der Waals surface area contributed by atoms with Crippen LogP contribution in [0.4, 0.5) is 11.4 Å². The van der Waals surface area contributed by atoms with E-state index in [1.165, 1.54) is 29.0 Å². The van der Waals surface area contributed by atoms with Crippen LogP contribution in [0.1, 0.15) is 12.0 Å². The minimum absolute atomic E-state index is 0.126. The van der Waals surface area contributed by atoms with Crippen molar-refractivity contribution >= 4 is 67.7 Å². The highest BCUT2D eigenvalue weighted by atomic mass is 32.1. The lowest BCUT2D eigenvalue weighted by atomic mass is 9.94. The molecule has 5 aromatic carbocycles. The Balaban J connectivity index is 1.23. The first-order valence-corrected chi connectivity index (χ1v) is 16.4. The summed E-state index contributed by atoms with van der Waals surface area (Å²) in [6.45, 7) is 2.10. The van der Waals surface area contributed by atoms with Gasteiger partial charge in [-0.05, 0) is 85.2 Å². The Kier molecular flexibility index (Phi) is 7.19. The van der Waals surface area contributed by atoms with Crippen molar-refractivity contribution in [3.05, 3.63) is 114 Å². The maximum Gasteiger partial charge on any atom is 0.119 e. The fourth-order valence-electron chi connectivity index (χ4n) is 6.24. The first-order chi connectivity index (χ1) is 22.6. The summed E-state index contributed by atoms with van der Waals surface area (Å²) in [5.41, 5.74) is 11.2. The van der Waals surface area contributed by atoms with E-state index < -0.39 is 0 Å². The van der Waals surface area contributed by atoms with Crippen molar-refractivity contribution in [2.75, 3.05) is 19.1 Å². The molecule has 1 atom stereocenters. The minimum atomic E-state index is 0.126. The Hall–Kier alpha value is -5.12. The van der Waals surface area contributed by atoms with Gasteiger partial charge in [0, 0.05) is 33.3 Å². The number of anilines is 2. The van der Waals surface area contributed by atoms with Crippen LogP contribution in [0.15, 0.2) is 109 Å². The number of fused-ring (bicyclic) bond motifs is 5. The topological polar surface area (TPSA) is 73.3 Å². The molecule has 0 bridgehead atoms. The van der Waals surface area contributed by atoms with Gasteiger partial charge >= 0.3 is 0 Å². The quantitative estimate of drug-likeness (QED) is 0.172. The number of allylic oxidation sites excluding steroid dienone is 1. The van der Waals surface area contributed by atoms with E-state index in [1.54, 1.807) is 14.2 Å². The molecule has 7 nitrogen and oxygen atoms in total. The molecule has 0 spiro atoms. The Morgan fingerprint density at radius 3 is 1.67 bits per heavy atom. The number of aryl methyl sites for hydroxylation is 1. The van der Waals surface area contributed by atoms with Gasteiger partial charge in [0.25, 0.3) is 0 Å². The van der Waals surface area contributed by atoms with Crippen molar-refractivity contribution in [1.82, 2.24) is 17.5 Å². The Labute approximate surface area is 274 Å². The fraction of sp³-hybridized carbons (Fsp3) is 0.135. The van der Waals surface area contributed by atoms with Crippen LogP contribution in [0.5, 0.6) is 5.75 Å². The number of benzene rings is 5. The van der Waals surface area contributed by atoms with Gasteiger partial charge in [0.1, 0.15) is 33.6 Å². The molecule has 0 fully saturated rings. The maximum atomic E-state index is 5.46. The summed E-state index contributed by atoms with van der Waals surface area (Å²) in [5.74, 6) is 1.71. The highest BCUT2D eigenvalue weighted by Crippen LogP contribution is 2.41. The van der Waals surface area contributed by atoms with E-state index in [1.807, 2.05) is 18.2 Å². The van der Waals surface area contributed by atoms with Crippen LogP contribution in [-0.4, -0.2) is 37.8 Å². The van der Waals surface area contributed by atoms with Crippen LogP contribution in [0.3, 0.4) is 0 Å². The predicted molar refractivity (Wildman–Crippen MR) is 189 cm³/mol. The van der Waals surface area contributed by atoms with Crippen LogP contribution in [0, 0.1) is 6.92 Å². The first kappa shape index (κ1) is 28.4. The van der Waals surface area contributed by atoms with E-state index in [0.29, 0.717) is 0 Å². The highest BCUT2D eigenvalue weighted by molar-refractivity contribution is 7.00. The summed E-state index contributed by atoms with van der Waals surface area (Å²) in [4.78, 5) is 2.35. The molecule has 0 saturated carbocycles. The number of hydrogen-bond donors (Lipinski definition) is 0. The van der Waals surface area contributed by atoms with Crippen LogP contribution in [0.2, 0.25) is 0 Å². The number of aromatic nitrogens is 4. The molecule has 2 aromatic heterocycles. The Morgan fingerprint density at radius 2 is 1.17 bits per heavy atom. The molecule has 1 aliphatic carbocycles. The normalized spacial score (nSPS) is 14.6. The second kappa shape index (κ2) is 11.7. The average molecular weight is 640 g/mol. The van der Waals surface area contributed by atoms with Crippen molar-refractivity contribution in [3.63, 3.8) is 0 Å². The number of rotatable bonds is 7. The summed E-state index contributed by atoms with van der Waals surface area (Å²) in [7, 11) is 3.39. The molecule has 0 aliphatic heterocycles. The van der Waals surface area contributed by atoms with E-state index in [-0.39, 0.29) is 6.04 Å². The zero-order valence-electron chi connectivity index (χ0n) is 25.5. The van der Waals surface area contributed by atoms with E-state index in [2.05, 4.69) is 96.8 Å². The molecular formula is C37H29N5O2S2. The van der Waals surface area contributed by atoms with Crippen LogP contribution in [-0.2, 0) is 4.74 Å². The standard InChI is InChI=1S/C37H29N5O2S2/c1-22-4-6-23(7-5-22)30-20-32-33(36-34(30)38-45-40-36)21-31(35-37(32)41-46-39-35)24-8-10-25(11-9-24)42(26-12-16-28(43-2)17-13-26)27-14-18-29(44-3)19-15-27/h4-14,16-21,27H,15H2,1-3H3. The van der Waals surface area contributed by atoms with Crippen molar-refractivity contribution in [3.8, 4) is 28.0 Å². The SMILES string of the molecule is COC1=CCC(N(c2ccc(OC)cc2)c2ccc(-c3cc4c(cc(-c5ccc(C)cc5)c5nsnc54)c4nsnc34)cc2)C=C1. The highest BCUT2D eigenvalue weighted by Gasteiger charge is 2.22. The summed E-state index contributed by atoms with van der Waals surface area (Å²) in [6, 6.07) is 30.0. The third-order valence-corrected chi connectivity index (χ3v) is 9.70. The van der Waals surface area contributed by atoms with E-state index in [0.717, 1.165) is 84.4 Å². The van der Waals surface area contributed by atoms with E-state index >= 15 is 0 Å². The molecule has 1 aliphatic rings. The molecule has 1 unspecified atom stereocenters. The maximum absolute atomic E-state index is 5.46. The average Bonchev–Trinajstić information content (AvgIpc) is 3.81. The summed E-state index contributed by atoms with van der Waals surface area (Å²) < 4.78 is 30.0. The van der Waals surface area contributed by atoms with Gasteiger partial charge in [0.05, 0.1) is 43.7 Å². The monoisotopic (exact) mass is 639 g/mol. The molecule has 7 aromatic rings. The van der Waals surface area contributed by atoms with Crippen molar-refractivity contribution in [2.24, 2.45) is 0 Å². The van der Waals surface area contributed by atoms with Gasteiger partial charge in [0.2, 0.25) is 0 Å². The third-order valence-electron chi connectivity index (χ3n) is 8.65. The van der Waals surface area contributed by atoms with Gasteiger partial charge in [-0.15, -0.1) is 0 Å². The third kappa shape index (κ3) is 4.88. The minimum Gasteiger partial charge on any atom is -0.497 e. The summed E-state index contributed by atoms with van der Waals surface area (Å²) >= 11 is 2.49. The predicted octanol–water partition coefficient (Wildman–Crippen LogP) is 9.50. The number of hydrogen-bond acceptors (Lipinski definition) is 9. The van der Waals surface area contributed by atoms with Crippen molar-refractivity contribution in [2.45, 2.75) is 19.4 Å². The van der Waals surface area contributed by atoms with Crippen LogP contribution < -0.4 is 9.64 Å². The molecular weight excluding hydrogens is 611 g/mol. The van der Waals surface area contributed by atoms with E-state index in [9.17, 15) is 0 Å². The first-order valence-electron chi connectivity index (χ1n) is 15.0. The van der Waals surface area contributed by atoms with Crippen molar-refractivity contribution < 1.29 is 9.47 Å². The number of ether oxygens (including phenoxy) is 2. The van der Waals surface area contributed by atoms with Gasteiger partial charge < -0.3 is 14.4 Å². The number of nitrogens with zero attached hydrogens (tertiary/aromatic N) is 5. The smallest absolute Gasteiger partial charge is 0.119 e. The largest absolute Gasteiger partial charge is 0.497 e. The van der Waals surface area contributed by atoms with Gasteiger partial charge in [-0.25, -0.2) is 0 Å². The van der Waals surface area contributed by atoms with Crippen LogP contribution in [0.25, 0.3) is 55.1 Å². The molecule has 0 N–H and O–H groups in total. The molecule has 46 heavy (non-hydrogen) atoms. The van der Waals surface area contributed by atoms with Crippen LogP contribution >= 0.6 is 23.5 Å². The zero-order valence-corrected chi connectivity index (χ0v) is 27.1. The second-order valence-corrected chi connectivity index (χ2v) is 12.4. The Bertz CT molecular complexity index is 2270. The Morgan fingerprint density at radius 1 is 0.652 bits per heavy atom. The van der Waals surface area contributed by atoms with Gasteiger partial charge in [-0.2, -0.15) is 17.5 Å². The van der Waals surface area contributed by atoms with Gasteiger partial charge in [-0.3, -0.25) is 0 Å². The second-order valence-electron chi connectivity index (χ2n) is 11.3. The van der Waals surface area contributed by atoms with Gasteiger partial charge in [0.15, 0.2) is 0 Å². The van der Waals surface area contributed by atoms with Gasteiger partial charge in [-0.1, -0.05) is 48.0 Å². The molecule has 9 heteroatoms. The lowest BCUT2D eigenvalue weighted by Crippen LogP contribution is -2.30. The summed E-state index contributed by atoms with van der Waals surface area (Å²) in [6.07, 6.45) is 7.20.